The van der Waals surface area contributed by atoms with Crippen molar-refractivity contribution in [3.05, 3.63) is 22.5 Å². The molecule has 80 valence electrons. The summed E-state index contributed by atoms with van der Waals surface area (Å²) in [6, 6.07) is 0. The molecule has 15 heavy (non-hydrogen) atoms. The standard InChI is InChI=1S/C10H10N2S.C2H6/c1-6-10-9(12-5-11-6)7-3-2-4-8(7)13-10;1-2/h5H,2-4H2,1H3;1-2H3. The second kappa shape index (κ2) is 4.27. The van der Waals surface area contributed by atoms with Crippen molar-refractivity contribution in [3.8, 4) is 0 Å². The van der Waals surface area contributed by atoms with E-state index in [1.54, 1.807) is 11.2 Å². The van der Waals surface area contributed by atoms with E-state index in [1.165, 1.54) is 35.0 Å². The Morgan fingerprint density at radius 3 is 2.80 bits per heavy atom. The van der Waals surface area contributed by atoms with Crippen molar-refractivity contribution in [1.82, 2.24) is 9.97 Å². The predicted molar refractivity (Wildman–Crippen MR) is 65.5 cm³/mol. The van der Waals surface area contributed by atoms with Crippen LogP contribution in [0.3, 0.4) is 0 Å². The van der Waals surface area contributed by atoms with Crippen LogP contribution in [0.25, 0.3) is 10.2 Å². The largest absolute Gasteiger partial charge is 0.240 e. The lowest BCUT2D eigenvalue weighted by atomic mass is 10.2. The second-order valence-corrected chi connectivity index (χ2v) is 4.60. The van der Waals surface area contributed by atoms with Gasteiger partial charge in [0, 0.05) is 4.88 Å². The van der Waals surface area contributed by atoms with Crippen LogP contribution in [0.4, 0.5) is 0 Å². The van der Waals surface area contributed by atoms with Gasteiger partial charge in [0.05, 0.1) is 15.9 Å². The van der Waals surface area contributed by atoms with Gasteiger partial charge in [-0.25, -0.2) is 9.97 Å². The minimum atomic E-state index is 1.13. The van der Waals surface area contributed by atoms with Gasteiger partial charge in [-0.1, -0.05) is 13.8 Å². The molecule has 2 aromatic rings. The van der Waals surface area contributed by atoms with Crippen molar-refractivity contribution in [2.75, 3.05) is 0 Å². The molecule has 2 heterocycles. The van der Waals surface area contributed by atoms with Crippen LogP contribution < -0.4 is 0 Å². The van der Waals surface area contributed by atoms with E-state index in [9.17, 15) is 0 Å². The van der Waals surface area contributed by atoms with Crippen LogP contribution >= 0.6 is 11.3 Å². The summed E-state index contributed by atoms with van der Waals surface area (Å²) in [6.07, 6.45) is 5.45. The Kier molecular flexibility index (Phi) is 3.00. The molecule has 0 N–H and O–H groups in total. The lowest BCUT2D eigenvalue weighted by Crippen LogP contribution is -1.85. The number of hydrogen-bond acceptors (Lipinski definition) is 3. The van der Waals surface area contributed by atoms with Gasteiger partial charge >= 0.3 is 0 Å². The molecule has 0 amide bonds. The molecule has 1 aliphatic rings. The molecule has 0 radical (unpaired) electrons. The second-order valence-electron chi connectivity index (χ2n) is 3.49. The first-order valence-corrected chi connectivity index (χ1v) is 6.40. The van der Waals surface area contributed by atoms with Gasteiger partial charge in [0.1, 0.15) is 6.33 Å². The summed E-state index contributed by atoms with van der Waals surface area (Å²) in [5.41, 5.74) is 3.83. The molecular weight excluding hydrogens is 204 g/mol. The zero-order valence-electron chi connectivity index (χ0n) is 9.50. The maximum Gasteiger partial charge on any atom is 0.116 e. The summed E-state index contributed by atoms with van der Waals surface area (Å²) in [7, 11) is 0. The Hall–Kier alpha value is -0.960. The highest BCUT2D eigenvalue weighted by Crippen LogP contribution is 2.36. The van der Waals surface area contributed by atoms with Crippen LogP contribution in [0, 0.1) is 6.92 Å². The van der Waals surface area contributed by atoms with Crippen molar-refractivity contribution in [2.45, 2.75) is 40.0 Å². The molecule has 0 bridgehead atoms. The third kappa shape index (κ3) is 1.65. The van der Waals surface area contributed by atoms with E-state index in [-0.39, 0.29) is 0 Å². The van der Waals surface area contributed by atoms with Gasteiger partial charge in [-0.05, 0) is 31.7 Å². The van der Waals surface area contributed by atoms with Crippen LogP contribution in [0.1, 0.15) is 36.4 Å². The van der Waals surface area contributed by atoms with E-state index in [1.807, 2.05) is 25.2 Å². The molecule has 0 atom stereocenters. The number of aryl methyl sites for hydroxylation is 3. The first-order chi connectivity index (χ1) is 7.36. The topological polar surface area (TPSA) is 25.8 Å². The van der Waals surface area contributed by atoms with Gasteiger partial charge < -0.3 is 0 Å². The van der Waals surface area contributed by atoms with Crippen LogP contribution in [-0.2, 0) is 12.8 Å². The number of fused-ring (bicyclic) bond motifs is 3. The van der Waals surface area contributed by atoms with Crippen LogP contribution in [-0.4, -0.2) is 9.97 Å². The molecule has 0 spiro atoms. The molecule has 0 fully saturated rings. The average molecular weight is 220 g/mol. The Morgan fingerprint density at radius 1 is 1.20 bits per heavy atom. The molecule has 0 aromatic carbocycles. The normalized spacial score (nSPS) is 13.5. The summed E-state index contributed by atoms with van der Waals surface area (Å²) in [4.78, 5) is 10.1. The summed E-state index contributed by atoms with van der Waals surface area (Å²) in [5, 5.41) is 0. The van der Waals surface area contributed by atoms with Crippen molar-refractivity contribution < 1.29 is 0 Å². The van der Waals surface area contributed by atoms with Gasteiger partial charge in [0.15, 0.2) is 0 Å². The molecular formula is C12H16N2S. The molecule has 2 aromatic heterocycles. The Labute approximate surface area is 94.4 Å². The monoisotopic (exact) mass is 220 g/mol. The fraction of sp³-hybridized carbons (Fsp3) is 0.500. The number of aromatic nitrogens is 2. The van der Waals surface area contributed by atoms with Crippen molar-refractivity contribution in [3.63, 3.8) is 0 Å². The maximum absolute atomic E-state index is 4.37. The van der Waals surface area contributed by atoms with Crippen LogP contribution in [0.15, 0.2) is 6.33 Å². The SMILES string of the molecule is CC.Cc1ncnc2c3c(sc12)CCC3. The lowest BCUT2D eigenvalue weighted by molar-refractivity contribution is 0.916. The van der Waals surface area contributed by atoms with E-state index in [0.717, 1.165) is 5.69 Å². The van der Waals surface area contributed by atoms with E-state index >= 15 is 0 Å². The number of thiophene rings is 1. The summed E-state index contributed by atoms with van der Waals surface area (Å²) < 4.78 is 1.30. The minimum absolute atomic E-state index is 1.13. The van der Waals surface area contributed by atoms with Gasteiger partial charge in [-0.15, -0.1) is 11.3 Å². The molecule has 3 rings (SSSR count). The maximum atomic E-state index is 4.37. The first-order valence-electron chi connectivity index (χ1n) is 5.58. The third-order valence-corrected chi connectivity index (χ3v) is 4.05. The Morgan fingerprint density at radius 2 is 2.00 bits per heavy atom. The molecule has 0 saturated heterocycles. The Bertz CT molecular complexity index is 474. The fourth-order valence-electron chi connectivity index (χ4n) is 2.00. The fourth-order valence-corrected chi connectivity index (χ4v) is 3.29. The van der Waals surface area contributed by atoms with Gasteiger partial charge in [-0.2, -0.15) is 0 Å². The van der Waals surface area contributed by atoms with E-state index < -0.39 is 0 Å². The molecule has 0 aliphatic heterocycles. The molecule has 2 nitrogen and oxygen atoms in total. The summed E-state index contributed by atoms with van der Waals surface area (Å²) in [6.45, 7) is 6.07. The minimum Gasteiger partial charge on any atom is -0.240 e. The average Bonchev–Trinajstić information content (AvgIpc) is 2.82. The van der Waals surface area contributed by atoms with Gasteiger partial charge in [0.25, 0.3) is 0 Å². The zero-order chi connectivity index (χ0) is 10.8. The quantitative estimate of drug-likeness (QED) is 0.679. The van der Waals surface area contributed by atoms with E-state index in [2.05, 4.69) is 16.9 Å². The van der Waals surface area contributed by atoms with Gasteiger partial charge in [0.2, 0.25) is 0 Å². The highest BCUT2D eigenvalue weighted by Gasteiger charge is 2.19. The first kappa shape index (κ1) is 10.6. The molecule has 1 aliphatic carbocycles. The molecule has 0 unspecified atom stereocenters. The van der Waals surface area contributed by atoms with Crippen molar-refractivity contribution in [1.29, 1.82) is 0 Å². The number of nitrogens with zero attached hydrogens (tertiary/aromatic N) is 2. The van der Waals surface area contributed by atoms with Crippen molar-refractivity contribution >= 4 is 21.6 Å². The molecule has 3 heteroatoms. The van der Waals surface area contributed by atoms with Crippen molar-refractivity contribution in [2.24, 2.45) is 0 Å². The third-order valence-electron chi connectivity index (χ3n) is 2.66. The van der Waals surface area contributed by atoms with E-state index in [4.69, 9.17) is 0 Å². The van der Waals surface area contributed by atoms with Crippen LogP contribution in [0.5, 0.6) is 0 Å². The highest BCUT2D eigenvalue weighted by atomic mass is 32.1. The van der Waals surface area contributed by atoms with Crippen LogP contribution in [0.2, 0.25) is 0 Å². The van der Waals surface area contributed by atoms with Gasteiger partial charge in [-0.3, -0.25) is 0 Å². The number of rotatable bonds is 0. The summed E-state index contributed by atoms with van der Waals surface area (Å²) in [5.74, 6) is 0. The smallest absolute Gasteiger partial charge is 0.116 e. The zero-order valence-corrected chi connectivity index (χ0v) is 10.3. The van der Waals surface area contributed by atoms with E-state index in [0.29, 0.717) is 0 Å². The predicted octanol–water partition coefficient (Wildman–Crippen LogP) is 3.51. The Balaban J connectivity index is 0.000000404. The number of hydrogen-bond donors (Lipinski definition) is 0. The summed E-state index contributed by atoms with van der Waals surface area (Å²) >= 11 is 1.89. The molecule has 0 saturated carbocycles. The highest BCUT2D eigenvalue weighted by molar-refractivity contribution is 7.19. The lowest BCUT2D eigenvalue weighted by Gasteiger charge is -1.94.